The van der Waals surface area contributed by atoms with Crippen molar-refractivity contribution in [2.24, 2.45) is 0 Å². The number of nitrogens with one attached hydrogen (secondary N) is 1. The van der Waals surface area contributed by atoms with Crippen molar-refractivity contribution in [2.45, 2.75) is 40.5 Å². The van der Waals surface area contributed by atoms with Crippen LogP contribution in [0.15, 0.2) is 48.7 Å². The molecule has 2 amide bonds. The van der Waals surface area contributed by atoms with Crippen LogP contribution in [0.2, 0.25) is 0 Å². The highest BCUT2D eigenvalue weighted by Gasteiger charge is 2.25. The molecule has 0 bridgehead atoms. The quantitative estimate of drug-likeness (QED) is 0.734. The van der Waals surface area contributed by atoms with Crippen LogP contribution in [-0.2, 0) is 14.6 Å². The normalized spacial score (nSPS) is 14.2. The Morgan fingerprint density at radius 2 is 1.56 bits per heavy atom. The first kappa shape index (κ1) is 27.3. The number of amides is 2. The van der Waals surface area contributed by atoms with E-state index in [2.05, 4.69) is 24.1 Å². The Hall–Kier alpha value is -2.74. The molecule has 1 N–H and O–H groups in total. The molecule has 0 saturated carbocycles. The summed E-state index contributed by atoms with van der Waals surface area (Å²) in [6, 6.07) is 12.6. The first-order valence-corrected chi connectivity index (χ1v) is 13.0. The third kappa shape index (κ3) is 9.18. The summed E-state index contributed by atoms with van der Waals surface area (Å²) in [7, 11) is -3.04. The number of pyridine rings is 1. The van der Waals surface area contributed by atoms with Gasteiger partial charge in [-0.25, -0.2) is 8.42 Å². The van der Waals surface area contributed by atoms with Crippen LogP contribution in [0, 0.1) is 0 Å². The number of carbonyl (C=O) groups is 2. The van der Waals surface area contributed by atoms with Crippen molar-refractivity contribution in [3.05, 3.63) is 54.2 Å². The van der Waals surface area contributed by atoms with E-state index in [9.17, 15) is 18.0 Å². The predicted octanol–water partition coefficient (Wildman–Crippen LogP) is 3.57. The largest absolute Gasteiger partial charge is 0.343 e. The van der Waals surface area contributed by atoms with Gasteiger partial charge in [-0.1, -0.05) is 58.7 Å². The van der Waals surface area contributed by atoms with E-state index in [1.807, 2.05) is 32.0 Å². The van der Waals surface area contributed by atoms with E-state index in [0.717, 1.165) is 11.3 Å². The maximum atomic E-state index is 12.2. The van der Waals surface area contributed by atoms with E-state index in [-0.39, 0.29) is 43.0 Å². The molecule has 0 radical (unpaired) electrons. The molecule has 0 unspecified atom stereocenters. The third-order valence-corrected chi connectivity index (χ3v) is 6.31. The van der Waals surface area contributed by atoms with Gasteiger partial charge in [0, 0.05) is 30.4 Å². The summed E-state index contributed by atoms with van der Waals surface area (Å²) in [5, 5.41) is 2.58. The molecule has 32 heavy (non-hydrogen) atoms. The van der Waals surface area contributed by atoms with Crippen molar-refractivity contribution < 1.29 is 18.0 Å². The topological polar surface area (TPSA) is 96.4 Å². The average Bonchev–Trinajstić information content (AvgIpc) is 2.84. The number of sulfone groups is 1. The first-order chi connectivity index (χ1) is 15.4. The molecule has 2 heterocycles. The maximum absolute atomic E-state index is 12.2. The minimum Gasteiger partial charge on any atom is -0.343 e. The van der Waals surface area contributed by atoms with Crippen LogP contribution >= 0.6 is 0 Å². The van der Waals surface area contributed by atoms with Gasteiger partial charge in [-0.3, -0.25) is 14.6 Å². The molecule has 3 rings (SSSR count). The Bertz CT molecular complexity index is 913. The lowest BCUT2D eigenvalue weighted by molar-refractivity contribution is -0.129. The van der Waals surface area contributed by atoms with Crippen LogP contribution < -0.4 is 5.32 Å². The number of hydrogen-bond acceptors (Lipinski definition) is 5. The molecule has 1 aliphatic rings. The second kappa shape index (κ2) is 14.3. The van der Waals surface area contributed by atoms with Crippen molar-refractivity contribution in [2.75, 3.05) is 31.1 Å². The Kier molecular flexibility index (Phi) is 12.2. The van der Waals surface area contributed by atoms with Gasteiger partial charge in [-0.15, -0.1) is 0 Å². The van der Waals surface area contributed by atoms with Gasteiger partial charge in [0.15, 0.2) is 9.84 Å². The van der Waals surface area contributed by atoms with Gasteiger partial charge in [0.25, 0.3) is 5.91 Å². The number of rotatable bonds is 5. The van der Waals surface area contributed by atoms with Crippen LogP contribution in [-0.4, -0.2) is 61.3 Å². The standard InChI is InChI=1S/C18H19N3O4S.C4H10.C2H6/c22-17(21-9-11-26(24,25)12-10-21)13-20-18(23)15-6-4-14(5-7-15)16-3-1-2-8-19-16;1-3-4-2;1-2/h1-8H,9-13H2,(H,20,23);3-4H2,1-2H3;1-2H3. The number of aromatic nitrogens is 1. The summed E-state index contributed by atoms with van der Waals surface area (Å²) in [5.41, 5.74) is 2.15. The van der Waals surface area contributed by atoms with Crippen LogP contribution in [0.4, 0.5) is 0 Å². The SMILES string of the molecule is CC.CCCC.O=C(NCC(=O)N1CCS(=O)(=O)CC1)c1ccc(-c2ccccn2)cc1. The lowest BCUT2D eigenvalue weighted by atomic mass is 10.1. The van der Waals surface area contributed by atoms with Gasteiger partial charge < -0.3 is 10.2 Å². The highest BCUT2D eigenvalue weighted by Crippen LogP contribution is 2.16. The van der Waals surface area contributed by atoms with Gasteiger partial charge in [-0.2, -0.15) is 0 Å². The fourth-order valence-electron chi connectivity index (χ4n) is 2.66. The number of carbonyl (C=O) groups excluding carboxylic acids is 2. The monoisotopic (exact) mass is 461 g/mol. The fourth-order valence-corrected chi connectivity index (χ4v) is 3.86. The molecule has 1 fully saturated rings. The van der Waals surface area contributed by atoms with E-state index in [1.54, 1.807) is 30.5 Å². The van der Waals surface area contributed by atoms with Crippen molar-refractivity contribution >= 4 is 21.7 Å². The molecule has 1 aromatic carbocycles. The zero-order valence-electron chi connectivity index (χ0n) is 19.5. The minimum absolute atomic E-state index is 0.0261. The highest BCUT2D eigenvalue weighted by molar-refractivity contribution is 7.91. The number of hydrogen-bond donors (Lipinski definition) is 1. The minimum atomic E-state index is -3.04. The highest BCUT2D eigenvalue weighted by atomic mass is 32.2. The number of nitrogens with zero attached hydrogens (tertiary/aromatic N) is 2. The number of unbranched alkanes of at least 4 members (excludes halogenated alkanes) is 1. The van der Waals surface area contributed by atoms with Gasteiger partial charge in [0.1, 0.15) is 0 Å². The summed E-state index contributed by atoms with van der Waals surface area (Å²) < 4.78 is 22.8. The molecule has 176 valence electrons. The molecular weight excluding hydrogens is 426 g/mol. The molecule has 8 heteroatoms. The van der Waals surface area contributed by atoms with Gasteiger partial charge in [0.2, 0.25) is 5.91 Å². The third-order valence-electron chi connectivity index (χ3n) is 4.71. The molecule has 1 aromatic heterocycles. The first-order valence-electron chi connectivity index (χ1n) is 11.1. The van der Waals surface area contributed by atoms with Crippen LogP contribution in [0.1, 0.15) is 50.9 Å². The summed E-state index contributed by atoms with van der Waals surface area (Å²) in [4.78, 5) is 30.0. The average molecular weight is 462 g/mol. The van der Waals surface area contributed by atoms with Crippen LogP contribution in [0.5, 0.6) is 0 Å². The fraction of sp³-hybridized carbons (Fsp3) is 0.458. The Morgan fingerprint density at radius 3 is 2.06 bits per heavy atom. The molecule has 0 spiro atoms. The molecule has 2 aromatic rings. The Labute approximate surface area is 192 Å². The van der Waals surface area contributed by atoms with Crippen LogP contribution in [0.25, 0.3) is 11.3 Å². The molecule has 7 nitrogen and oxygen atoms in total. The maximum Gasteiger partial charge on any atom is 0.251 e. The zero-order chi connectivity index (χ0) is 24.0. The molecular formula is C24H35N3O4S. The number of benzene rings is 1. The Morgan fingerprint density at radius 1 is 0.969 bits per heavy atom. The summed E-state index contributed by atoms with van der Waals surface area (Å²) >= 11 is 0. The predicted molar refractivity (Wildman–Crippen MR) is 129 cm³/mol. The zero-order valence-corrected chi connectivity index (χ0v) is 20.3. The van der Waals surface area contributed by atoms with Gasteiger partial charge in [-0.05, 0) is 24.3 Å². The summed E-state index contributed by atoms with van der Waals surface area (Å²) in [5.74, 6) is -0.683. The lowest BCUT2D eigenvalue weighted by Gasteiger charge is -2.26. The van der Waals surface area contributed by atoms with Crippen LogP contribution in [0.3, 0.4) is 0 Å². The van der Waals surface area contributed by atoms with E-state index in [0.29, 0.717) is 5.56 Å². The second-order valence-electron chi connectivity index (χ2n) is 7.01. The van der Waals surface area contributed by atoms with E-state index < -0.39 is 9.84 Å². The lowest BCUT2D eigenvalue weighted by Crippen LogP contribution is -2.47. The van der Waals surface area contributed by atoms with E-state index >= 15 is 0 Å². The second-order valence-corrected chi connectivity index (χ2v) is 9.31. The van der Waals surface area contributed by atoms with Crippen molar-refractivity contribution in [3.63, 3.8) is 0 Å². The Balaban J connectivity index is 0.000000769. The molecule has 0 atom stereocenters. The molecule has 0 aliphatic carbocycles. The van der Waals surface area contributed by atoms with Crippen molar-refractivity contribution in [1.29, 1.82) is 0 Å². The smallest absolute Gasteiger partial charge is 0.251 e. The van der Waals surface area contributed by atoms with Crippen molar-refractivity contribution in [1.82, 2.24) is 15.2 Å². The molecule has 1 aliphatic heterocycles. The van der Waals surface area contributed by atoms with E-state index in [4.69, 9.17) is 0 Å². The van der Waals surface area contributed by atoms with Crippen molar-refractivity contribution in [3.8, 4) is 11.3 Å². The molecule has 1 saturated heterocycles. The summed E-state index contributed by atoms with van der Waals surface area (Å²) in [6.45, 7) is 8.56. The summed E-state index contributed by atoms with van der Waals surface area (Å²) in [6.07, 6.45) is 4.34. The van der Waals surface area contributed by atoms with E-state index in [1.165, 1.54) is 17.7 Å². The van der Waals surface area contributed by atoms with Gasteiger partial charge in [0.05, 0.1) is 23.7 Å². The van der Waals surface area contributed by atoms with Gasteiger partial charge >= 0.3 is 0 Å².